The number of furan rings is 1. The van der Waals surface area contributed by atoms with E-state index in [1.165, 1.54) is 17.2 Å². The van der Waals surface area contributed by atoms with Crippen LogP contribution in [0.5, 0.6) is 0 Å². The van der Waals surface area contributed by atoms with Crippen molar-refractivity contribution in [3.63, 3.8) is 0 Å². The van der Waals surface area contributed by atoms with Gasteiger partial charge in [-0.05, 0) is 30.9 Å². The standard InChI is InChI=1S/C14H16N2O3/c1-16(9-13(17)10-4-5-10)14(18)11(8-15)7-12-3-2-6-19-12/h2-3,6-7,10,13,17H,4-5,9H2,1H3/b11-7+. The molecule has 5 heteroatoms. The van der Waals surface area contributed by atoms with Gasteiger partial charge in [-0.15, -0.1) is 0 Å². The van der Waals surface area contributed by atoms with E-state index in [-0.39, 0.29) is 12.1 Å². The van der Waals surface area contributed by atoms with Crippen LogP contribution in [-0.2, 0) is 4.79 Å². The van der Waals surface area contributed by atoms with Crippen LogP contribution in [0.1, 0.15) is 18.6 Å². The van der Waals surface area contributed by atoms with E-state index >= 15 is 0 Å². The zero-order valence-electron chi connectivity index (χ0n) is 10.7. The van der Waals surface area contributed by atoms with Gasteiger partial charge in [0.1, 0.15) is 17.4 Å². The van der Waals surface area contributed by atoms with Crippen LogP contribution in [0, 0.1) is 17.2 Å². The summed E-state index contributed by atoms with van der Waals surface area (Å²) in [6.45, 7) is 0.251. The molecule has 1 aromatic heterocycles. The maximum absolute atomic E-state index is 12.1. The van der Waals surface area contributed by atoms with Gasteiger partial charge in [-0.1, -0.05) is 0 Å². The molecule has 5 nitrogen and oxygen atoms in total. The Kier molecular flexibility index (Phi) is 4.03. The SMILES string of the molecule is CN(CC(O)C1CC1)C(=O)/C(C#N)=C/c1ccco1. The highest BCUT2D eigenvalue weighted by Crippen LogP contribution is 2.32. The molecule has 0 radical (unpaired) electrons. The molecule has 19 heavy (non-hydrogen) atoms. The van der Waals surface area contributed by atoms with Crippen molar-refractivity contribution in [3.05, 3.63) is 29.7 Å². The largest absolute Gasteiger partial charge is 0.465 e. The summed E-state index contributed by atoms with van der Waals surface area (Å²) in [4.78, 5) is 13.4. The Bertz CT molecular complexity index is 509. The molecule has 1 atom stereocenters. The fourth-order valence-electron chi connectivity index (χ4n) is 1.86. The van der Waals surface area contributed by atoms with Crippen molar-refractivity contribution in [2.75, 3.05) is 13.6 Å². The molecule has 0 aromatic carbocycles. The molecule has 0 spiro atoms. The highest BCUT2D eigenvalue weighted by atomic mass is 16.3. The highest BCUT2D eigenvalue weighted by Gasteiger charge is 2.31. The van der Waals surface area contributed by atoms with Crippen LogP contribution < -0.4 is 0 Å². The molecule has 2 rings (SSSR count). The molecule has 0 aliphatic heterocycles. The summed E-state index contributed by atoms with van der Waals surface area (Å²) in [6.07, 6.45) is 4.40. The summed E-state index contributed by atoms with van der Waals surface area (Å²) >= 11 is 0. The minimum Gasteiger partial charge on any atom is -0.465 e. The van der Waals surface area contributed by atoms with Crippen molar-refractivity contribution in [2.45, 2.75) is 18.9 Å². The molecule has 0 bridgehead atoms. The number of nitriles is 1. The van der Waals surface area contributed by atoms with Crippen molar-refractivity contribution in [3.8, 4) is 6.07 Å². The van der Waals surface area contributed by atoms with Crippen LogP contribution in [0.25, 0.3) is 6.08 Å². The summed E-state index contributed by atoms with van der Waals surface area (Å²) < 4.78 is 5.08. The number of amides is 1. The number of aliphatic hydroxyl groups excluding tert-OH is 1. The molecule has 1 heterocycles. The molecule has 1 N–H and O–H groups in total. The topological polar surface area (TPSA) is 77.5 Å². The molecular weight excluding hydrogens is 244 g/mol. The molecular formula is C14H16N2O3. The van der Waals surface area contributed by atoms with Crippen molar-refractivity contribution in [1.29, 1.82) is 5.26 Å². The monoisotopic (exact) mass is 260 g/mol. The van der Waals surface area contributed by atoms with Crippen LogP contribution in [0.2, 0.25) is 0 Å². The van der Waals surface area contributed by atoms with Gasteiger partial charge in [0.25, 0.3) is 5.91 Å². The second-order valence-corrected chi connectivity index (χ2v) is 4.78. The molecule has 0 saturated heterocycles. The Morgan fingerprint density at radius 3 is 3.00 bits per heavy atom. The molecule has 1 aliphatic carbocycles. The van der Waals surface area contributed by atoms with E-state index in [4.69, 9.17) is 9.68 Å². The number of likely N-dealkylation sites (N-methyl/N-ethyl adjacent to an activating group) is 1. The van der Waals surface area contributed by atoms with Gasteiger partial charge < -0.3 is 14.4 Å². The number of hydrogen-bond donors (Lipinski definition) is 1. The molecule has 1 unspecified atom stereocenters. The van der Waals surface area contributed by atoms with Crippen LogP contribution >= 0.6 is 0 Å². The van der Waals surface area contributed by atoms with Crippen LogP contribution in [0.4, 0.5) is 0 Å². The van der Waals surface area contributed by atoms with Gasteiger partial charge in [0.15, 0.2) is 0 Å². The van der Waals surface area contributed by atoms with E-state index in [9.17, 15) is 9.90 Å². The zero-order chi connectivity index (χ0) is 13.8. The van der Waals surface area contributed by atoms with Crippen molar-refractivity contribution in [2.24, 2.45) is 5.92 Å². The predicted molar refractivity (Wildman–Crippen MR) is 68.7 cm³/mol. The fraction of sp³-hybridized carbons (Fsp3) is 0.429. The van der Waals surface area contributed by atoms with Crippen LogP contribution in [-0.4, -0.2) is 35.6 Å². The van der Waals surface area contributed by atoms with Gasteiger partial charge in [-0.2, -0.15) is 5.26 Å². The lowest BCUT2D eigenvalue weighted by atomic mass is 10.2. The van der Waals surface area contributed by atoms with Crippen LogP contribution in [0.15, 0.2) is 28.4 Å². The summed E-state index contributed by atoms with van der Waals surface area (Å²) in [5.74, 6) is 0.356. The maximum Gasteiger partial charge on any atom is 0.264 e. The molecule has 1 aromatic rings. The van der Waals surface area contributed by atoms with Gasteiger partial charge in [-0.25, -0.2) is 0 Å². The van der Waals surface area contributed by atoms with E-state index in [2.05, 4.69) is 0 Å². The van der Waals surface area contributed by atoms with Crippen LogP contribution in [0.3, 0.4) is 0 Å². The number of rotatable bonds is 5. The lowest BCUT2D eigenvalue weighted by Crippen LogP contribution is -2.35. The Balaban J connectivity index is 2.01. The van der Waals surface area contributed by atoms with E-state index < -0.39 is 12.0 Å². The minimum atomic E-state index is -0.502. The van der Waals surface area contributed by atoms with E-state index in [1.54, 1.807) is 19.2 Å². The van der Waals surface area contributed by atoms with Gasteiger partial charge in [0.05, 0.1) is 12.4 Å². The number of carbonyl (C=O) groups is 1. The second kappa shape index (κ2) is 5.72. The molecule has 100 valence electrons. The Hall–Kier alpha value is -2.06. The smallest absolute Gasteiger partial charge is 0.264 e. The quantitative estimate of drug-likeness (QED) is 0.641. The van der Waals surface area contributed by atoms with Gasteiger partial charge in [0, 0.05) is 19.7 Å². The summed E-state index contributed by atoms with van der Waals surface area (Å²) in [6, 6.07) is 5.22. The second-order valence-electron chi connectivity index (χ2n) is 4.78. The number of nitrogens with zero attached hydrogens (tertiary/aromatic N) is 2. The average molecular weight is 260 g/mol. The lowest BCUT2D eigenvalue weighted by Gasteiger charge is -2.20. The first-order valence-corrected chi connectivity index (χ1v) is 6.20. The fourth-order valence-corrected chi connectivity index (χ4v) is 1.86. The van der Waals surface area contributed by atoms with E-state index in [1.807, 2.05) is 6.07 Å². The Morgan fingerprint density at radius 1 is 1.74 bits per heavy atom. The minimum absolute atomic E-state index is 0.000414. The zero-order valence-corrected chi connectivity index (χ0v) is 10.7. The lowest BCUT2D eigenvalue weighted by molar-refractivity contribution is -0.126. The van der Waals surface area contributed by atoms with E-state index in [0.717, 1.165) is 12.8 Å². The summed E-state index contributed by atoms with van der Waals surface area (Å²) in [5.41, 5.74) is 0.000414. The number of carbonyl (C=O) groups excluding carboxylic acids is 1. The number of hydrogen-bond acceptors (Lipinski definition) is 4. The normalized spacial score (nSPS) is 16.8. The third kappa shape index (κ3) is 3.46. The Morgan fingerprint density at radius 2 is 2.47 bits per heavy atom. The van der Waals surface area contributed by atoms with Crippen molar-refractivity contribution >= 4 is 12.0 Å². The van der Waals surface area contributed by atoms with Gasteiger partial charge in [-0.3, -0.25) is 4.79 Å². The van der Waals surface area contributed by atoms with Crippen molar-refractivity contribution in [1.82, 2.24) is 4.90 Å². The Labute approximate surface area is 111 Å². The first kappa shape index (κ1) is 13.4. The van der Waals surface area contributed by atoms with Gasteiger partial charge >= 0.3 is 0 Å². The highest BCUT2D eigenvalue weighted by molar-refractivity contribution is 6.01. The van der Waals surface area contributed by atoms with E-state index in [0.29, 0.717) is 11.7 Å². The maximum atomic E-state index is 12.1. The first-order valence-electron chi connectivity index (χ1n) is 6.20. The molecule has 1 aliphatic rings. The predicted octanol–water partition coefficient (Wildman–Crippen LogP) is 1.42. The number of aliphatic hydroxyl groups is 1. The summed E-state index contributed by atoms with van der Waals surface area (Å²) in [7, 11) is 1.58. The third-order valence-electron chi connectivity index (χ3n) is 3.15. The molecule has 1 saturated carbocycles. The van der Waals surface area contributed by atoms with Crippen molar-refractivity contribution < 1.29 is 14.3 Å². The molecule has 1 fully saturated rings. The summed E-state index contributed by atoms with van der Waals surface area (Å²) in [5, 5.41) is 18.8. The first-order chi connectivity index (χ1) is 9.11. The average Bonchev–Trinajstić information content (AvgIpc) is 3.13. The third-order valence-corrected chi connectivity index (χ3v) is 3.15. The molecule has 1 amide bonds. The van der Waals surface area contributed by atoms with Gasteiger partial charge in [0.2, 0.25) is 0 Å².